The summed E-state index contributed by atoms with van der Waals surface area (Å²) in [5.74, 6) is -0.211. The maximum atomic E-state index is 11.7. The lowest BCUT2D eigenvalue weighted by Crippen LogP contribution is -2.43. The summed E-state index contributed by atoms with van der Waals surface area (Å²) in [5.41, 5.74) is 5.99. The van der Waals surface area contributed by atoms with Gasteiger partial charge in [-0.15, -0.1) is 0 Å². The van der Waals surface area contributed by atoms with E-state index in [1.165, 1.54) is 6.20 Å². The Morgan fingerprint density at radius 3 is 2.68 bits per heavy atom. The molecule has 0 atom stereocenters. The zero-order valence-electron chi connectivity index (χ0n) is 12.2. The number of benzene rings is 1. The molecule has 1 aromatic heterocycles. The number of para-hydroxylation sites is 1. The quantitative estimate of drug-likeness (QED) is 0.820. The maximum absolute atomic E-state index is 11.7. The highest BCUT2D eigenvalue weighted by atomic mass is 16.5. The van der Waals surface area contributed by atoms with Crippen LogP contribution >= 0.6 is 0 Å². The first kappa shape index (κ1) is 15.5. The van der Waals surface area contributed by atoms with Crippen molar-refractivity contribution in [1.29, 1.82) is 0 Å². The van der Waals surface area contributed by atoms with Gasteiger partial charge in [0.25, 0.3) is 11.8 Å². The molecular weight excluding hydrogens is 282 g/mol. The topological polar surface area (TPSA) is 80.3 Å². The molecule has 0 radical (unpaired) electrons. The first-order chi connectivity index (χ1) is 10.7. The van der Waals surface area contributed by atoms with Crippen LogP contribution in [-0.4, -0.2) is 23.4 Å². The third kappa shape index (κ3) is 4.31. The van der Waals surface area contributed by atoms with Crippen LogP contribution in [0.15, 0.2) is 48.8 Å². The number of aromatic nitrogens is 1. The lowest BCUT2D eigenvalue weighted by atomic mass is 10.1. The van der Waals surface area contributed by atoms with E-state index in [0.29, 0.717) is 11.3 Å². The molecule has 6 nitrogen and oxygen atoms in total. The second-order valence-corrected chi connectivity index (χ2v) is 4.49. The first-order valence-electron chi connectivity index (χ1n) is 6.90. The normalized spacial score (nSPS) is 9.86. The second kappa shape index (κ2) is 7.78. The van der Waals surface area contributed by atoms with Crippen LogP contribution in [0.4, 0.5) is 0 Å². The molecule has 22 heavy (non-hydrogen) atoms. The largest absolute Gasteiger partial charge is 0.483 e. The number of pyridine rings is 1. The number of hydrogen-bond acceptors (Lipinski definition) is 4. The summed E-state index contributed by atoms with van der Waals surface area (Å²) >= 11 is 0. The Morgan fingerprint density at radius 2 is 1.95 bits per heavy atom. The Hall–Kier alpha value is -2.89. The number of rotatable bonds is 5. The smallest absolute Gasteiger partial charge is 0.276 e. The van der Waals surface area contributed by atoms with Crippen LogP contribution in [0, 0.1) is 0 Å². The molecule has 2 aromatic rings. The highest BCUT2D eigenvalue weighted by molar-refractivity contribution is 5.95. The summed E-state index contributed by atoms with van der Waals surface area (Å²) in [6, 6.07) is 10.7. The number of nitrogens with one attached hydrogen (secondary N) is 2. The van der Waals surface area contributed by atoms with Crippen molar-refractivity contribution in [2.45, 2.75) is 13.3 Å². The average molecular weight is 299 g/mol. The maximum Gasteiger partial charge on any atom is 0.276 e. The molecule has 0 unspecified atom stereocenters. The Balaban J connectivity index is 1.80. The fraction of sp³-hybridized carbons (Fsp3) is 0.188. The van der Waals surface area contributed by atoms with Crippen molar-refractivity contribution in [3.8, 4) is 5.75 Å². The number of hydrogen-bond donors (Lipinski definition) is 2. The fourth-order valence-corrected chi connectivity index (χ4v) is 1.81. The van der Waals surface area contributed by atoms with E-state index >= 15 is 0 Å². The Morgan fingerprint density at radius 1 is 1.14 bits per heavy atom. The SMILES string of the molecule is CCc1ccccc1OCC(=O)NNC(=O)c1cccnc1. The molecule has 114 valence electrons. The van der Waals surface area contributed by atoms with E-state index in [2.05, 4.69) is 15.8 Å². The number of amides is 2. The lowest BCUT2D eigenvalue weighted by Gasteiger charge is -2.11. The molecule has 2 rings (SSSR count). The van der Waals surface area contributed by atoms with Crippen molar-refractivity contribution < 1.29 is 14.3 Å². The monoisotopic (exact) mass is 299 g/mol. The summed E-state index contributed by atoms with van der Waals surface area (Å²) in [7, 11) is 0. The van der Waals surface area contributed by atoms with E-state index in [9.17, 15) is 9.59 Å². The van der Waals surface area contributed by atoms with Crippen molar-refractivity contribution in [2.75, 3.05) is 6.61 Å². The summed E-state index contributed by atoms with van der Waals surface area (Å²) in [4.78, 5) is 27.2. The molecule has 1 aromatic carbocycles. The van der Waals surface area contributed by atoms with E-state index in [0.717, 1.165) is 12.0 Å². The molecule has 0 bridgehead atoms. The van der Waals surface area contributed by atoms with Crippen molar-refractivity contribution >= 4 is 11.8 Å². The number of nitrogens with zero attached hydrogens (tertiary/aromatic N) is 1. The molecule has 2 N–H and O–H groups in total. The van der Waals surface area contributed by atoms with Crippen LogP contribution in [-0.2, 0) is 11.2 Å². The summed E-state index contributed by atoms with van der Waals surface area (Å²) < 4.78 is 5.45. The molecule has 0 fully saturated rings. The van der Waals surface area contributed by atoms with Crippen molar-refractivity contribution in [2.24, 2.45) is 0 Å². The number of aryl methyl sites for hydroxylation is 1. The molecule has 0 saturated carbocycles. The molecule has 0 aliphatic rings. The van der Waals surface area contributed by atoms with Crippen LogP contribution in [0.1, 0.15) is 22.8 Å². The van der Waals surface area contributed by atoms with E-state index in [1.807, 2.05) is 25.1 Å². The van der Waals surface area contributed by atoms with E-state index in [4.69, 9.17) is 4.74 Å². The molecule has 2 amide bonds. The van der Waals surface area contributed by atoms with Crippen LogP contribution in [0.25, 0.3) is 0 Å². The van der Waals surface area contributed by atoms with E-state index in [1.54, 1.807) is 24.4 Å². The van der Waals surface area contributed by atoms with Crippen molar-refractivity contribution in [3.05, 3.63) is 59.9 Å². The molecule has 0 aliphatic carbocycles. The van der Waals surface area contributed by atoms with Crippen LogP contribution < -0.4 is 15.6 Å². The third-order valence-corrected chi connectivity index (χ3v) is 2.95. The minimum absolute atomic E-state index is 0.176. The van der Waals surface area contributed by atoms with Gasteiger partial charge in [-0.1, -0.05) is 25.1 Å². The van der Waals surface area contributed by atoms with Crippen molar-refractivity contribution in [3.63, 3.8) is 0 Å². The zero-order chi connectivity index (χ0) is 15.8. The highest BCUT2D eigenvalue weighted by Crippen LogP contribution is 2.17. The minimum Gasteiger partial charge on any atom is -0.483 e. The molecule has 0 saturated heterocycles. The summed E-state index contributed by atoms with van der Waals surface area (Å²) in [6.45, 7) is 1.83. The van der Waals surface area contributed by atoms with Crippen LogP contribution in [0.2, 0.25) is 0 Å². The Labute approximate surface area is 128 Å². The van der Waals surface area contributed by atoms with Gasteiger partial charge in [-0.3, -0.25) is 25.4 Å². The molecule has 6 heteroatoms. The third-order valence-electron chi connectivity index (χ3n) is 2.95. The predicted octanol–water partition coefficient (Wildman–Crippen LogP) is 1.48. The van der Waals surface area contributed by atoms with Crippen LogP contribution in [0.5, 0.6) is 5.75 Å². The van der Waals surface area contributed by atoms with E-state index in [-0.39, 0.29) is 6.61 Å². The standard InChI is InChI=1S/C16H17N3O3/c1-2-12-6-3-4-8-14(12)22-11-15(20)18-19-16(21)13-7-5-9-17-10-13/h3-10H,2,11H2,1H3,(H,18,20)(H,19,21). The summed E-state index contributed by atoms with van der Waals surface area (Å²) in [6.07, 6.45) is 3.79. The summed E-state index contributed by atoms with van der Waals surface area (Å²) in [5, 5.41) is 0. The number of carbonyl (C=O) groups excluding carboxylic acids is 2. The zero-order valence-corrected chi connectivity index (χ0v) is 12.2. The van der Waals surface area contributed by atoms with Gasteiger partial charge in [0.05, 0.1) is 5.56 Å². The van der Waals surface area contributed by atoms with Gasteiger partial charge in [0.1, 0.15) is 5.75 Å². The van der Waals surface area contributed by atoms with Gasteiger partial charge in [0, 0.05) is 12.4 Å². The molecule has 1 heterocycles. The van der Waals surface area contributed by atoms with Crippen molar-refractivity contribution in [1.82, 2.24) is 15.8 Å². The van der Waals surface area contributed by atoms with Gasteiger partial charge in [0.2, 0.25) is 0 Å². The van der Waals surface area contributed by atoms with E-state index < -0.39 is 11.8 Å². The minimum atomic E-state index is -0.442. The molecule has 0 aliphatic heterocycles. The van der Waals surface area contributed by atoms with Crippen LogP contribution in [0.3, 0.4) is 0 Å². The van der Waals surface area contributed by atoms with Gasteiger partial charge in [-0.05, 0) is 30.2 Å². The fourth-order valence-electron chi connectivity index (χ4n) is 1.81. The lowest BCUT2D eigenvalue weighted by molar-refractivity contribution is -0.123. The van der Waals surface area contributed by atoms with Gasteiger partial charge in [-0.25, -0.2) is 0 Å². The van der Waals surface area contributed by atoms with Gasteiger partial charge < -0.3 is 4.74 Å². The molecule has 0 spiro atoms. The Bertz CT molecular complexity index is 644. The molecular formula is C16H17N3O3. The number of hydrazine groups is 1. The van der Waals surface area contributed by atoms with Gasteiger partial charge in [0.15, 0.2) is 6.61 Å². The number of carbonyl (C=O) groups is 2. The predicted molar refractivity (Wildman–Crippen MR) is 81.2 cm³/mol. The average Bonchev–Trinajstić information content (AvgIpc) is 2.58. The van der Waals surface area contributed by atoms with Gasteiger partial charge in [-0.2, -0.15) is 0 Å². The highest BCUT2D eigenvalue weighted by Gasteiger charge is 2.08. The Kier molecular flexibility index (Phi) is 5.48. The second-order valence-electron chi connectivity index (χ2n) is 4.49. The number of ether oxygens (including phenoxy) is 1. The van der Waals surface area contributed by atoms with Gasteiger partial charge >= 0.3 is 0 Å². The first-order valence-corrected chi connectivity index (χ1v) is 6.90.